The van der Waals surface area contributed by atoms with E-state index >= 15 is 0 Å². The predicted molar refractivity (Wildman–Crippen MR) is 121 cm³/mol. The predicted octanol–water partition coefficient (Wildman–Crippen LogP) is 2.29. The van der Waals surface area contributed by atoms with E-state index in [0.29, 0.717) is 24.8 Å². The first-order valence-electron chi connectivity index (χ1n) is 9.03. The number of nitrogens with zero attached hydrogens (tertiary/aromatic N) is 1. The zero-order valence-electron chi connectivity index (χ0n) is 16.5. The number of benzene rings is 1. The number of rotatable bonds is 8. The molecule has 2 rings (SSSR count). The van der Waals surface area contributed by atoms with Gasteiger partial charge in [0.15, 0.2) is 5.96 Å². The van der Waals surface area contributed by atoms with Gasteiger partial charge in [0, 0.05) is 13.1 Å². The van der Waals surface area contributed by atoms with E-state index in [9.17, 15) is 9.90 Å². The highest BCUT2D eigenvalue weighted by atomic mass is 127. The zero-order chi connectivity index (χ0) is 19.7. The first-order valence-corrected chi connectivity index (χ1v) is 9.03. The Hall–Kier alpha value is -2.07. The minimum Gasteiger partial charge on any atom is -0.463 e. The molecule has 0 saturated heterocycles. The molecule has 0 aliphatic rings. The molecule has 1 amide bonds. The van der Waals surface area contributed by atoms with Crippen LogP contribution in [0.5, 0.6) is 0 Å². The molecule has 1 aromatic heterocycles. The Morgan fingerprint density at radius 1 is 1.14 bits per heavy atom. The van der Waals surface area contributed by atoms with Gasteiger partial charge in [0.1, 0.15) is 23.7 Å². The highest BCUT2D eigenvalue weighted by Gasteiger charge is 2.27. The van der Waals surface area contributed by atoms with Gasteiger partial charge in [-0.25, -0.2) is 4.99 Å². The summed E-state index contributed by atoms with van der Waals surface area (Å²) in [7, 11) is 0. The van der Waals surface area contributed by atoms with Crippen molar-refractivity contribution >= 4 is 35.8 Å². The smallest absolute Gasteiger partial charge is 0.242 e. The third-order valence-electron chi connectivity index (χ3n) is 3.93. The van der Waals surface area contributed by atoms with Crippen LogP contribution in [0.3, 0.4) is 0 Å². The Kier molecular flexibility index (Phi) is 10.0. The number of hydrogen-bond acceptors (Lipinski definition) is 4. The van der Waals surface area contributed by atoms with Gasteiger partial charge in [0.25, 0.3) is 0 Å². The molecule has 154 valence electrons. The quantitative estimate of drug-likeness (QED) is 0.253. The van der Waals surface area contributed by atoms with Crippen molar-refractivity contribution in [1.82, 2.24) is 16.0 Å². The van der Waals surface area contributed by atoms with Crippen molar-refractivity contribution in [1.29, 1.82) is 0 Å². The van der Waals surface area contributed by atoms with E-state index < -0.39 is 5.60 Å². The number of aryl methyl sites for hydroxylation is 1. The molecular formula is C20H29IN4O3. The number of halogens is 1. The van der Waals surface area contributed by atoms with Gasteiger partial charge in [-0.2, -0.15) is 0 Å². The first-order chi connectivity index (χ1) is 12.9. The summed E-state index contributed by atoms with van der Waals surface area (Å²) in [5.41, 5.74) is -0.162. The van der Waals surface area contributed by atoms with Crippen LogP contribution in [0.2, 0.25) is 0 Å². The molecule has 0 saturated carbocycles. The van der Waals surface area contributed by atoms with E-state index in [-0.39, 0.29) is 43.0 Å². The van der Waals surface area contributed by atoms with E-state index in [0.717, 1.165) is 11.3 Å². The van der Waals surface area contributed by atoms with E-state index in [4.69, 9.17) is 4.42 Å². The van der Waals surface area contributed by atoms with Crippen LogP contribution in [0.1, 0.15) is 30.9 Å². The molecule has 8 heteroatoms. The zero-order valence-corrected chi connectivity index (χ0v) is 18.8. The third-order valence-corrected chi connectivity index (χ3v) is 3.93. The molecule has 1 aromatic carbocycles. The van der Waals surface area contributed by atoms with Crippen molar-refractivity contribution in [3.05, 3.63) is 59.5 Å². The Morgan fingerprint density at radius 2 is 1.86 bits per heavy atom. The average Bonchev–Trinajstić information content (AvgIpc) is 3.10. The Balaban J connectivity index is 0.00000392. The number of furan rings is 1. The number of aliphatic imine (C=N–C) groups is 1. The normalized spacial score (nSPS) is 13.2. The molecular weight excluding hydrogens is 471 g/mol. The second-order valence-corrected chi connectivity index (χ2v) is 6.50. The molecule has 0 aliphatic heterocycles. The maximum absolute atomic E-state index is 12.0. The van der Waals surface area contributed by atoms with Gasteiger partial charge in [-0.1, -0.05) is 30.3 Å². The fourth-order valence-electron chi connectivity index (χ4n) is 2.41. The van der Waals surface area contributed by atoms with Crippen LogP contribution in [0.4, 0.5) is 0 Å². The number of carbonyl (C=O) groups is 1. The SMILES string of the molecule is CCNC(=NCC(=O)NCc1ccccc1)NCC(C)(O)c1ccc(C)o1.I. The summed E-state index contributed by atoms with van der Waals surface area (Å²) in [4.78, 5) is 16.3. The minimum atomic E-state index is -1.19. The Morgan fingerprint density at radius 3 is 2.46 bits per heavy atom. The number of nitrogens with one attached hydrogen (secondary N) is 3. The fraction of sp³-hybridized carbons (Fsp3) is 0.400. The Labute approximate surface area is 183 Å². The minimum absolute atomic E-state index is 0. The van der Waals surface area contributed by atoms with E-state index in [2.05, 4.69) is 20.9 Å². The lowest BCUT2D eigenvalue weighted by Crippen LogP contribution is -2.45. The lowest BCUT2D eigenvalue weighted by atomic mass is 10.0. The topological polar surface area (TPSA) is 98.9 Å². The molecule has 4 N–H and O–H groups in total. The van der Waals surface area contributed by atoms with Gasteiger partial charge in [-0.15, -0.1) is 24.0 Å². The third kappa shape index (κ3) is 7.89. The van der Waals surface area contributed by atoms with E-state index in [1.165, 1.54) is 0 Å². The number of guanidine groups is 1. The largest absolute Gasteiger partial charge is 0.463 e. The maximum Gasteiger partial charge on any atom is 0.242 e. The summed E-state index contributed by atoms with van der Waals surface area (Å²) in [6.07, 6.45) is 0. The van der Waals surface area contributed by atoms with Crippen molar-refractivity contribution in [3.8, 4) is 0 Å². The number of aliphatic hydroxyl groups is 1. The molecule has 0 spiro atoms. The van der Waals surface area contributed by atoms with Gasteiger partial charge in [-0.3, -0.25) is 4.79 Å². The van der Waals surface area contributed by atoms with E-state index in [1.807, 2.05) is 44.2 Å². The highest BCUT2D eigenvalue weighted by Crippen LogP contribution is 2.21. The highest BCUT2D eigenvalue weighted by molar-refractivity contribution is 14.0. The second kappa shape index (κ2) is 11.7. The van der Waals surface area contributed by atoms with Gasteiger partial charge in [0.05, 0.1) is 6.54 Å². The standard InChI is InChI=1S/C20H28N4O3.HI/c1-4-21-19(24-14-20(3,26)17-11-10-15(2)27-17)23-13-18(25)22-12-16-8-6-5-7-9-16;/h5-11,26H,4,12-14H2,1-3H3,(H,22,25)(H2,21,23,24);1H. The van der Waals surface area contributed by atoms with Crippen LogP contribution < -0.4 is 16.0 Å². The Bertz CT molecular complexity index is 760. The summed E-state index contributed by atoms with van der Waals surface area (Å²) in [6, 6.07) is 13.3. The van der Waals surface area contributed by atoms with Crippen LogP contribution in [0.15, 0.2) is 51.9 Å². The monoisotopic (exact) mass is 500 g/mol. The summed E-state index contributed by atoms with van der Waals surface area (Å²) >= 11 is 0. The average molecular weight is 500 g/mol. The second-order valence-electron chi connectivity index (χ2n) is 6.50. The van der Waals surface area contributed by atoms with Crippen LogP contribution >= 0.6 is 24.0 Å². The lowest BCUT2D eigenvalue weighted by molar-refractivity contribution is -0.119. The molecule has 1 unspecified atom stereocenters. The van der Waals surface area contributed by atoms with Gasteiger partial charge < -0.3 is 25.5 Å². The molecule has 1 atom stereocenters. The van der Waals surface area contributed by atoms with E-state index in [1.54, 1.807) is 19.1 Å². The lowest BCUT2D eigenvalue weighted by Gasteiger charge is -2.22. The van der Waals surface area contributed by atoms with Crippen molar-refractivity contribution in [2.45, 2.75) is 32.9 Å². The van der Waals surface area contributed by atoms with Crippen LogP contribution in [-0.2, 0) is 16.9 Å². The van der Waals surface area contributed by atoms with Gasteiger partial charge in [0.2, 0.25) is 5.91 Å². The molecule has 0 radical (unpaired) electrons. The molecule has 2 aromatic rings. The van der Waals surface area contributed by atoms with Crippen molar-refractivity contribution in [2.24, 2.45) is 4.99 Å². The van der Waals surface area contributed by atoms with Crippen LogP contribution in [0, 0.1) is 6.92 Å². The molecule has 0 fully saturated rings. The maximum atomic E-state index is 12.0. The fourth-order valence-corrected chi connectivity index (χ4v) is 2.41. The number of hydrogen-bond donors (Lipinski definition) is 4. The van der Waals surface area contributed by atoms with Crippen molar-refractivity contribution < 1.29 is 14.3 Å². The number of carbonyl (C=O) groups excluding carboxylic acids is 1. The molecule has 0 aliphatic carbocycles. The molecule has 7 nitrogen and oxygen atoms in total. The van der Waals surface area contributed by atoms with Crippen LogP contribution in [0.25, 0.3) is 0 Å². The van der Waals surface area contributed by atoms with Gasteiger partial charge >= 0.3 is 0 Å². The van der Waals surface area contributed by atoms with Crippen molar-refractivity contribution in [2.75, 3.05) is 19.6 Å². The van der Waals surface area contributed by atoms with Gasteiger partial charge in [-0.05, 0) is 38.5 Å². The first kappa shape index (κ1) is 24.0. The number of amides is 1. The summed E-state index contributed by atoms with van der Waals surface area (Å²) < 4.78 is 5.50. The van der Waals surface area contributed by atoms with Crippen molar-refractivity contribution in [3.63, 3.8) is 0 Å². The molecule has 0 bridgehead atoms. The summed E-state index contributed by atoms with van der Waals surface area (Å²) in [6.45, 7) is 6.70. The molecule has 1 heterocycles. The summed E-state index contributed by atoms with van der Waals surface area (Å²) in [5, 5.41) is 19.5. The van der Waals surface area contributed by atoms with Crippen LogP contribution in [-0.4, -0.2) is 36.6 Å². The summed E-state index contributed by atoms with van der Waals surface area (Å²) in [5.74, 6) is 1.49. The molecule has 28 heavy (non-hydrogen) atoms.